The second-order valence-corrected chi connectivity index (χ2v) is 9.52. The van der Waals surface area contributed by atoms with E-state index in [0.29, 0.717) is 33.4 Å². The molecule has 2 amide bonds. The number of nitrogens with zero attached hydrogens (tertiary/aromatic N) is 1. The van der Waals surface area contributed by atoms with Gasteiger partial charge in [-0.25, -0.2) is 0 Å². The van der Waals surface area contributed by atoms with Gasteiger partial charge in [-0.05, 0) is 42.3 Å². The van der Waals surface area contributed by atoms with Crippen molar-refractivity contribution in [2.45, 2.75) is 44.1 Å². The largest absolute Gasteiger partial charge is 0.486 e. The molecule has 0 aromatic heterocycles. The number of aliphatic hydroxyl groups is 2. The average molecular weight is 531 g/mol. The normalized spacial score (nSPS) is 22.4. The van der Waals surface area contributed by atoms with Gasteiger partial charge in [0.1, 0.15) is 18.0 Å². The molecule has 7 nitrogen and oxygen atoms in total. The molecular weight excluding hydrogens is 503 g/mol. The van der Waals surface area contributed by atoms with Crippen molar-refractivity contribution in [2.24, 2.45) is 0 Å². The highest BCUT2D eigenvalue weighted by Crippen LogP contribution is 2.47. The van der Waals surface area contributed by atoms with Crippen molar-refractivity contribution < 1.29 is 24.5 Å². The molecule has 2 aliphatic rings. The Morgan fingerprint density at radius 2 is 1.94 bits per heavy atom. The summed E-state index contributed by atoms with van der Waals surface area (Å²) >= 11 is 12.3. The number of nitrogens with one attached hydrogen (secondary N) is 1. The molecule has 190 valence electrons. The van der Waals surface area contributed by atoms with E-state index in [4.69, 9.17) is 27.9 Å². The number of carbonyl (C=O) groups is 2. The molecule has 0 spiro atoms. The lowest BCUT2D eigenvalue weighted by atomic mass is 9.77. The van der Waals surface area contributed by atoms with Gasteiger partial charge in [0, 0.05) is 24.2 Å². The van der Waals surface area contributed by atoms with E-state index in [-0.39, 0.29) is 31.5 Å². The molecule has 2 aromatic rings. The Hall–Kier alpha value is -2.84. The number of ether oxygens (including phenoxy) is 1. The van der Waals surface area contributed by atoms with Crippen LogP contribution in [0.3, 0.4) is 0 Å². The molecule has 9 heteroatoms. The molecule has 0 saturated heterocycles. The quantitative estimate of drug-likeness (QED) is 0.452. The molecule has 1 aliphatic carbocycles. The van der Waals surface area contributed by atoms with Crippen molar-refractivity contribution >= 4 is 35.0 Å². The van der Waals surface area contributed by atoms with E-state index in [9.17, 15) is 19.8 Å². The summed E-state index contributed by atoms with van der Waals surface area (Å²) in [6.45, 7) is 1.91. The van der Waals surface area contributed by atoms with Crippen molar-refractivity contribution in [1.82, 2.24) is 10.2 Å². The summed E-state index contributed by atoms with van der Waals surface area (Å²) in [5.41, 5.74) is 1.88. The van der Waals surface area contributed by atoms with E-state index < -0.39 is 24.2 Å². The monoisotopic (exact) mass is 530 g/mol. The Morgan fingerprint density at radius 1 is 1.17 bits per heavy atom. The maximum atomic E-state index is 13.3. The van der Waals surface area contributed by atoms with Crippen molar-refractivity contribution in [3.8, 4) is 5.75 Å². The van der Waals surface area contributed by atoms with E-state index in [1.54, 1.807) is 36.4 Å². The van der Waals surface area contributed by atoms with Crippen LogP contribution in [0.5, 0.6) is 5.75 Å². The molecular formula is C27H28Cl2N2O5. The maximum absolute atomic E-state index is 13.3. The van der Waals surface area contributed by atoms with Crippen molar-refractivity contribution in [3.05, 3.63) is 87.4 Å². The zero-order chi connectivity index (χ0) is 25.8. The topological polar surface area (TPSA) is 99.1 Å². The summed E-state index contributed by atoms with van der Waals surface area (Å²) in [6, 6.07) is 11.6. The molecule has 0 bridgehead atoms. The number of benzene rings is 2. The predicted octanol–water partition coefficient (Wildman–Crippen LogP) is 3.61. The van der Waals surface area contributed by atoms with Gasteiger partial charge in [-0.3, -0.25) is 9.59 Å². The number of halogens is 2. The van der Waals surface area contributed by atoms with Gasteiger partial charge >= 0.3 is 0 Å². The minimum atomic E-state index is -1.11. The van der Waals surface area contributed by atoms with Gasteiger partial charge in [0.05, 0.1) is 28.6 Å². The highest BCUT2D eigenvalue weighted by Gasteiger charge is 2.50. The van der Waals surface area contributed by atoms with Crippen LogP contribution in [0.25, 0.3) is 0 Å². The van der Waals surface area contributed by atoms with E-state index in [2.05, 4.69) is 5.32 Å². The lowest BCUT2D eigenvalue weighted by molar-refractivity contribution is -0.133. The first-order valence-electron chi connectivity index (χ1n) is 11.8. The molecule has 4 rings (SSSR count). The Kier molecular flexibility index (Phi) is 8.36. The molecule has 0 fully saturated rings. The van der Waals surface area contributed by atoms with Crippen molar-refractivity contribution in [3.63, 3.8) is 0 Å². The third-order valence-corrected chi connectivity index (χ3v) is 7.09. The molecule has 1 heterocycles. The Labute approximate surface area is 220 Å². The predicted molar refractivity (Wildman–Crippen MR) is 138 cm³/mol. The third-order valence-electron chi connectivity index (χ3n) is 6.35. The number of allylic oxidation sites excluding steroid dienone is 1. The van der Waals surface area contributed by atoms with E-state index in [1.807, 2.05) is 25.1 Å². The lowest BCUT2D eigenvalue weighted by Crippen LogP contribution is -2.55. The van der Waals surface area contributed by atoms with Gasteiger partial charge in [0.25, 0.3) is 0 Å². The number of carbonyl (C=O) groups excluding carboxylic acids is 2. The summed E-state index contributed by atoms with van der Waals surface area (Å²) in [7, 11) is 0. The Bertz CT molecular complexity index is 1200. The fourth-order valence-corrected chi connectivity index (χ4v) is 4.99. The lowest BCUT2D eigenvalue weighted by Gasteiger charge is -2.40. The molecule has 0 saturated carbocycles. The van der Waals surface area contributed by atoms with Crippen LogP contribution in [-0.2, 0) is 16.1 Å². The first-order chi connectivity index (χ1) is 17.3. The first kappa shape index (κ1) is 26.2. The summed E-state index contributed by atoms with van der Waals surface area (Å²) in [5.74, 6) is -0.643. The fraction of sp³-hybridized carbons (Fsp3) is 0.333. The van der Waals surface area contributed by atoms with Crippen molar-refractivity contribution in [1.29, 1.82) is 0 Å². The molecule has 36 heavy (non-hydrogen) atoms. The van der Waals surface area contributed by atoms with Gasteiger partial charge in [0.2, 0.25) is 11.8 Å². The minimum absolute atomic E-state index is 0.0778. The zero-order valence-corrected chi connectivity index (χ0v) is 21.2. The van der Waals surface area contributed by atoms with Crippen LogP contribution in [0.15, 0.2) is 66.3 Å². The minimum Gasteiger partial charge on any atom is -0.486 e. The average Bonchev–Trinajstić information content (AvgIpc) is 3.27. The molecule has 1 aliphatic heterocycles. The van der Waals surface area contributed by atoms with E-state index in [1.165, 1.54) is 11.0 Å². The summed E-state index contributed by atoms with van der Waals surface area (Å²) in [6.07, 6.45) is 3.61. The number of hydrogen-bond donors (Lipinski definition) is 3. The van der Waals surface area contributed by atoms with Gasteiger partial charge in [-0.15, -0.1) is 0 Å². The molecule has 0 radical (unpaired) electrons. The van der Waals surface area contributed by atoms with Gasteiger partial charge < -0.3 is 25.2 Å². The first-order valence-corrected chi connectivity index (χ1v) is 12.6. The van der Waals surface area contributed by atoms with Crippen LogP contribution >= 0.6 is 23.2 Å². The summed E-state index contributed by atoms with van der Waals surface area (Å²) in [5, 5.41) is 24.2. The zero-order valence-electron chi connectivity index (χ0n) is 19.7. The van der Waals surface area contributed by atoms with E-state index in [0.717, 1.165) is 5.56 Å². The smallest absolute Gasteiger partial charge is 0.247 e. The second-order valence-electron chi connectivity index (χ2n) is 8.71. The summed E-state index contributed by atoms with van der Waals surface area (Å²) < 4.78 is 6.12. The number of amides is 2. The number of aliphatic hydroxyl groups excluding tert-OH is 2. The number of fused-ring (bicyclic) bond motifs is 3. The van der Waals surface area contributed by atoms with Crippen LogP contribution in [0, 0.1) is 0 Å². The number of rotatable bonds is 8. The highest BCUT2D eigenvalue weighted by atomic mass is 35.5. The standard InChI is InChI=1S/C27H28Cl2N2O5/c1-2-3-8-23(33)31(15-16-9-10-19(28)20(29)13-16)21-14-18(27(35)30-11-12-32)24-17-6-4-5-7-22(17)36-26(24)25(21)34/h3-10,13-14,21,24-26,32,34H,2,11-12,15H2,1H3,(H,30,35). The Balaban J connectivity index is 1.77. The SMILES string of the molecule is CCC=CC(=O)N(Cc1ccc(Cl)c(Cl)c1)C1C=C(C(=O)NCCO)C2c3ccccc3OC2C1O. The maximum Gasteiger partial charge on any atom is 0.247 e. The van der Waals surface area contributed by atoms with Crippen LogP contribution in [-0.4, -0.2) is 58.3 Å². The third kappa shape index (κ3) is 5.30. The number of para-hydroxylation sites is 1. The molecule has 4 unspecified atom stereocenters. The van der Waals surface area contributed by atoms with Gasteiger partial charge in [-0.1, -0.05) is 60.5 Å². The van der Waals surface area contributed by atoms with E-state index >= 15 is 0 Å². The second kappa shape index (κ2) is 11.5. The molecule has 3 N–H and O–H groups in total. The van der Waals surface area contributed by atoms with Crippen LogP contribution < -0.4 is 10.1 Å². The van der Waals surface area contributed by atoms with Crippen molar-refractivity contribution in [2.75, 3.05) is 13.2 Å². The molecule has 2 aromatic carbocycles. The van der Waals surface area contributed by atoms with Crippen LogP contribution in [0.2, 0.25) is 10.0 Å². The van der Waals surface area contributed by atoms with Crippen LogP contribution in [0.4, 0.5) is 0 Å². The summed E-state index contributed by atoms with van der Waals surface area (Å²) in [4.78, 5) is 28.0. The molecule has 4 atom stereocenters. The highest BCUT2D eigenvalue weighted by molar-refractivity contribution is 6.42. The van der Waals surface area contributed by atoms with Gasteiger partial charge in [-0.2, -0.15) is 0 Å². The van der Waals surface area contributed by atoms with Crippen LogP contribution in [0.1, 0.15) is 30.4 Å². The fourth-order valence-electron chi connectivity index (χ4n) is 4.67. The van der Waals surface area contributed by atoms with Gasteiger partial charge in [0.15, 0.2) is 0 Å². The Morgan fingerprint density at radius 3 is 2.67 bits per heavy atom. The number of hydrogen-bond acceptors (Lipinski definition) is 5.